The van der Waals surface area contributed by atoms with Crippen LogP contribution in [0.2, 0.25) is 0 Å². The van der Waals surface area contributed by atoms with Crippen LogP contribution >= 0.6 is 0 Å². The van der Waals surface area contributed by atoms with Crippen molar-refractivity contribution >= 4 is 0 Å². The predicted molar refractivity (Wildman–Crippen MR) is 71.9 cm³/mol. The highest BCUT2D eigenvalue weighted by Crippen LogP contribution is 2.25. The summed E-state index contributed by atoms with van der Waals surface area (Å²) in [5.74, 6) is 1.47. The third kappa shape index (κ3) is 2.93. The van der Waals surface area contributed by atoms with Crippen LogP contribution in [-0.4, -0.2) is 24.4 Å². The number of aromatic nitrogens is 2. The number of nitrogens with zero attached hydrogens (tertiary/aromatic N) is 1. The summed E-state index contributed by atoms with van der Waals surface area (Å²) in [4.78, 5) is 11.7. The van der Waals surface area contributed by atoms with E-state index in [1.54, 1.807) is 20.3 Å². The first kappa shape index (κ1) is 13.1. The number of hydrogen-bond acceptors (Lipinski definition) is 4. The topological polar surface area (TPSA) is 64.2 Å². The fraction of sp³-hybridized carbons (Fsp3) is 0.286. The fourth-order valence-electron chi connectivity index (χ4n) is 1.92. The summed E-state index contributed by atoms with van der Waals surface area (Å²) >= 11 is 0. The monoisotopic (exact) mass is 260 g/mol. The van der Waals surface area contributed by atoms with Crippen LogP contribution in [0.4, 0.5) is 0 Å². The molecular weight excluding hydrogens is 244 g/mol. The van der Waals surface area contributed by atoms with Crippen molar-refractivity contribution in [3.63, 3.8) is 0 Å². The van der Waals surface area contributed by atoms with Crippen molar-refractivity contribution in [2.75, 3.05) is 14.2 Å². The molecule has 0 bridgehead atoms. The van der Waals surface area contributed by atoms with Gasteiger partial charge in [0.25, 0.3) is 5.56 Å². The van der Waals surface area contributed by atoms with Crippen molar-refractivity contribution in [2.24, 2.45) is 0 Å². The molecule has 19 heavy (non-hydrogen) atoms. The highest BCUT2D eigenvalue weighted by atomic mass is 16.5. The van der Waals surface area contributed by atoms with Crippen molar-refractivity contribution in [1.82, 2.24) is 10.2 Å². The molecule has 0 saturated heterocycles. The van der Waals surface area contributed by atoms with Gasteiger partial charge in [-0.2, -0.15) is 5.10 Å². The van der Waals surface area contributed by atoms with Gasteiger partial charge in [-0.25, -0.2) is 5.10 Å². The molecule has 1 N–H and O–H groups in total. The maximum atomic E-state index is 11.7. The van der Waals surface area contributed by atoms with Gasteiger partial charge in [0.2, 0.25) is 0 Å². The summed E-state index contributed by atoms with van der Waals surface area (Å²) in [6, 6.07) is 7.30. The molecule has 1 aromatic carbocycles. The number of nitrogens with one attached hydrogen (secondary N) is 1. The molecular formula is C14H16N2O3. The minimum Gasteiger partial charge on any atom is -0.497 e. The molecule has 100 valence electrons. The van der Waals surface area contributed by atoms with Crippen LogP contribution in [-0.2, 0) is 6.42 Å². The van der Waals surface area contributed by atoms with Crippen LogP contribution in [0.5, 0.6) is 11.5 Å². The summed E-state index contributed by atoms with van der Waals surface area (Å²) in [7, 11) is 3.21. The molecule has 0 amide bonds. The molecule has 0 aliphatic carbocycles. The first-order valence-corrected chi connectivity index (χ1v) is 5.90. The van der Waals surface area contributed by atoms with E-state index in [-0.39, 0.29) is 5.56 Å². The third-order valence-corrected chi connectivity index (χ3v) is 2.88. The standard InChI is InChI=1S/C14H16N2O3/c1-9-6-11(14(17)16-15-9)7-10-8-12(18-2)4-5-13(10)19-3/h4-6,8H,7H2,1-3H3,(H,16,17). The van der Waals surface area contributed by atoms with E-state index in [4.69, 9.17) is 9.47 Å². The van der Waals surface area contributed by atoms with Gasteiger partial charge in [0.05, 0.1) is 19.9 Å². The van der Waals surface area contributed by atoms with Crippen LogP contribution in [0.1, 0.15) is 16.8 Å². The first-order valence-electron chi connectivity index (χ1n) is 5.90. The molecule has 5 nitrogen and oxygen atoms in total. The lowest BCUT2D eigenvalue weighted by Gasteiger charge is -2.10. The van der Waals surface area contributed by atoms with Gasteiger partial charge in [-0.05, 0) is 31.2 Å². The molecule has 0 aliphatic heterocycles. The van der Waals surface area contributed by atoms with Crippen LogP contribution in [0, 0.1) is 6.92 Å². The molecule has 1 aromatic heterocycles. The number of rotatable bonds is 4. The lowest BCUT2D eigenvalue weighted by Crippen LogP contribution is -2.15. The molecule has 0 spiro atoms. The zero-order chi connectivity index (χ0) is 13.8. The van der Waals surface area contributed by atoms with E-state index in [9.17, 15) is 4.79 Å². The molecule has 1 heterocycles. The lowest BCUT2D eigenvalue weighted by atomic mass is 10.0. The molecule has 0 unspecified atom stereocenters. The van der Waals surface area contributed by atoms with Gasteiger partial charge in [-0.3, -0.25) is 4.79 Å². The summed E-state index contributed by atoms with van der Waals surface area (Å²) < 4.78 is 10.5. The molecule has 0 saturated carbocycles. The van der Waals surface area contributed by atoms with Gasteiger partial charge in [0.1, 0.15) is 11.5 Å². The Morgan fingerprint density at radius 2 is 1.95 bits per heavy atom. The van der Waals surface area contributed by atoms with E-state index >= 15 is 0 Å². The molecule has 5 heteroatoms. The lowest BCUT2D eigenvalue weighted by molar-refractivity contribution is 0.399. The quantitative estimate of drug-likeness (QED) is 0.908. The second-order valence-electron chi connectivity index (χ2n) is 4.22. The van der Waals surface area contributed by atoms with Gasteiger partial charge in [0.15, 0.2) is 0 Å². The van der Waals surface area contributed by atoms with Gasteiger partial charge in [0, 0.05) is 17.5 Å². The third-order valence-electron chi connectivity index (χ3n) is 2.88. The Morgan fingerprint density at radius 3 is 2.63 bits per heavy atom. The number of aryl methyl sites for hydroxylation is 1. The van der Waals surface area contributed by atoms with Crippen LogP contribution in [0.25, 0.3) is 0 Å². The number of benzene rings is 1. The molecule has 2 rings (SSSR count). The van der Waals surface area contributed by atoms with Crippen molar-refractivity contribution in [2.45, 2.75) is 13.3 Å². The number of ether oxygens (including phenoxy) is 2. The van der Waals surface area contributed by atoms with Gasteiger partial charge >= 0.3 is 0 Å². The highest BCUT2D eigenvalue weighted by Gasteiger charge is 2.09. The van der Waals surface area contributed by atoms with Gasteiger partial charge in [-0.1, -0.05) is 0 Å². The molecule has 0 atom stereocenters. The Kier molecular flexibility index (Phi) is 3.85. The summed E-state index contributed by atoms with van der Waals surface area (Å²) in [5, 5.41) is 6.34. The normalized spacial score (nSPS) is 10.3. The number of methoxy groups -OCH3 is 2. The first-order chi connectivity index (χ1) is 9.13. The average Bonchev–Trinajstić information content (AvgIpc) is 2.42. The SMILES string of the molecule is COc1ccc(OC)c(Cc2cc(C)n[nH]c2=O)c1. The van der Waals surface area contributed by atoms with Crippen molar-refractivity contribution in [3.05, 3.63) is 51.4 Å². The van der Waals surface area contributed by atoms with Crippen LogP contribution < -0.4 is 15.0 Å². The van der Waals surface area contributed by atoms with E-state index in [0.29, 0.717) is 12.0 Å². The minimum atomic E-state index is -0.185. The van der Waals surface area contributed by atoms with Crippen molar-refractivity contribution in [1.29, 1.82) is 0 Å². The van der Waals surface area contributed by atoms with E-state index in [0.717, 1.165) is 22.8 Å². The maximum absolute atomic E-state index is 11.7. The van der Waals surface area contributed by atoms with E-state index in [1.165, 1.54) is 0 Å². The zero-order valence-electron chi connectivity index (χ0n) is 11.2. The summed E-state index contributed by atoms with van der Waals surface area (Å²) in [5.41, 5.74) is 2.14. The highest BCUT2D eigenvalue weighted by molar-refractivity contribution is 5.42. The number of aromatic amines is 1. The van der Waals surface area contributed by atoms with Crippen LogP contribution in [0.3, 0.4) is 0 Å². The minimum absolute atomic E-state index is 0.185. The van der Waals surface area contributed by atoms with Crippen molar-refractivity contribution in [3.8, 4) is 11.5 Å². The second kappa shape index (κ2) is 5.56. The van der Waals surface area contributed by atoms with Crippen LogP contribution in [0.15, 0.2) is 29.1 Å². The van der Waals surface area contributed by atoms with Crippen molar-refractivity contribution < 1.29 is 9.47 Å². The summed E-state index contributed by atoms with van der Waals surface area (Å²) in [6.07, 6.45) is 0.471. The average molecular weight is 260 g/mol. The van der Waals surface area contributed by atoms with E-state index in [1.807, 2.05) is 25.1 Å². The smallest absolute Gasteiger partial charge is 0.267 e. The molecule has 2 aromatic rings. The number of H-pyrrole nitrogens is 1. The Labute approximate surface area is 111 Å². The predicted octanol–water partition coefficient (Wildman–Crippen LogP) is 1.69. The fourth-order valence-corrected chi connectivity index (χ4v) is 1.92. The molecule has 0 aliphatic rings. The summed E-state index contributed by atoms with van der Waals surface area (Å²) in [6.45, 7) is 1.84. The van der Waals surface area contributed by atoms with Gasteiger partial charge in [-0.15, -0.1) is 0 Å². The van der Waals surface area contributed by atoms with E-state index < -0.39 is 0 Å². The largest absolute Gasteiger partial charge is 0.497 e. The maximum Gasteiger partial charge on any atom is 0.267 e. The van der Waals surface area contributed by atoms with E-state index in [2.05, 4.69) is 10.2 Å². The Morgan fingerprint density at radius 1 is 1.16 bits per heavy atom. The zero-order valence-corrected chi connectivity index (χ0v) is 11.2. The van der Waals surface area contributed by atoms with Gasteiger partial charge < -0.3 is 9.47 Å². The Bertz CT molecular complexity index is 635. The Balaban J connectivity index is 2.41. The second-order valence-corrected chi connectivity index (χ2v) is 4.22. The molecule has 0 fully saturated rings. The Hall–Kier alpha value is -2.30. The number of hydrogen-bond donors (Lipinski definition) is 1. The molecule has 0 radical (unpaired) electrons.